The van der Waals surface area contributed by atoms with Gasteiger partial charge in [0.2, 0.25) is 4.95 Å². The zero-order valence-corrected chi connectivity index (χ0v) is 11.4. The van der Waals surface area contributed by atoms with E-state index < -0.39 is 0 Å². The van der Waals surface area contributed by atoms with Crippen molar-refractivity contribution in [3.63, 3.8) is 0 Å². The fourth-order valence-corrected chi connectivity index (χ4v) is 2.85. The van der Waals surface area contributed by atoms with Gasteiger partial charge in [-0.2, -0.15) is 4.57 Å². The SMILES string of the molecule is Br[C@H](c1cccc2ccccc12)[n+]1ccccc1. The maximum atomic E-state index is 3.78. The summed E-state index contributed by atoms with van der Waals surface area (Å²) < 4.78 is 2.15. The van der Waals surface area contributed by atoms with Gasteiger partial charge < -0.3 is 0 Å². The van der Waals surface area contributed by atoms with Crippen molar-refractivity contribution in [2.24, 2.45) is 0 Å². The summed E-state index contributed by atoms with van der Waals surface area (Å²) in [7, 11) is 0. The Morgan fingerprint density at radius 1 is 0.778 bits per heavy atom. The molecular formula is C16H13BrN+. The summed E-state index contributed by atoms with van der Waals surface area (Å²) in [5.41, 5.74) is 1.28. The molecule has 0 unspecified atom stereocenters. The van der Waals surface area contributed by atoms with Crippen LogP contribution in [0.4, 0.5) is 0 Å². The van der Waals surface area contributed by atoms with Gasteiger partial charge in [-0.25, -0.2) is 0 Å². The van der Waals surface area contributed by atoms with Crippen LogP contribution >= 0.6 is 15.9 Å². The standard InChI is InChI=1S/C16H13BrN/c17-16(18-11-4-1-5-12-18)15-10-6-8-13-7-2-3-9-14(13)15/h1-12,16H/q+1/t16-/m0/s1. The van der Waals surface area contributed by atoms with Gasteiger partial charge in [0.25, 0.3) is 0 Å². The zero-order valence-electron chi connectivity index (χ0n) is 9.83. The fraction of sp³-hybridized carbons (Fsp3) is 0.0625. The molecule has 0 radical (unpaired) electrons. The summed E-state index contributed by atoms with van der Waals surface area (Å²) in [4.78, 5) is 0.157. The molecule has 0 aliphatic heterocycles. The third-order valence-electron chi connectivity index (χ3n) is 3.08. The lowest BCUT2D eigenvalue weighted by Gasteiger charge is -2.09. The van der Waals surface area contributed by atoms with Crippen LogP contribution in [0, 0.1) is 0 Å². The quantitative estimate of drug-likeness (QED) is 0.496. The first-order valence-electron chi connectivity index (χ1n) is 5.94. The van der Waals surface area contributed by atoms with Crippen LogP contribution in [0.5, 0.6) is 0 Å². The van der Waals surface area contributed by atoms with E-state index >= 15 is 0 Å². The largest absolute Gasteiger partial charge is 0.238 e. The fourth-order valence-electron chi connectivity index (χ4n) is 2.18. The summed E-state index contributed by atoms with van der Waals surface area (Å²) in [6.07, 6.45) is 4.14. The van der Waals surface area contributed by atoms with Gasteiger partial charge in [0.15, 0.2) is 12.4 Å². The number of aromatic nitrogens is 1. The van der Waals surface area contributed by atoms with E-state index in [1.807, 2.05) is 18.2 Å². The Balaban J connectivity index is 2.15. The van der Waals surface area contributed by atoms with Crippen LogP contribution in [-0.2, 0) is 0 Å². The van der Waals surface area contributed by atoms with Crippen LogP contribution in [0.3, 0.4) is 0 Å². The lowest BCUT2D eigenvalue weighted by atomic mass is 10.0. The van der Waals surface area contributed by atoms with Gasteiger partial charge in [0, 0.05) is 17.7 Å². The normalized spacial score (nSPS) is 12.5. The molecule has 1 heterocycles. The highest BCUT2D eigenvalue weighted by molar-refractivity contribution is 9.09. The number of alkyl halides is 1. The van der Waals surface area contributed by atoms with Crippen LogP contribution in [-0.4, -0.2) is 0 Å². The molecular weight excluding hydrogens is 286 g/mol. The molecule has 0 spiro atoms. The van der Waals surface area contributed by atoms with Crippen molar-refractivity contribution in [3.8, 4) is 0 Å². The summed E-state index contributed by atoms with van der Waals surface area (Å²) in [6.45, 7) is 0. The van der Waals surface area contributed by atoms with Crippen molar-refractivity contribution in [2.75, 3.05) is 0 Å². The Kier molecular flexibility index (Phi) is 3.11. The smallest absolute Gasteiger partial charge is 0.188 e. The first-order chi connectivity index (χ1) is 8.86. The lowest BCUT2D eigenvalue weighted by Crippen LogP contribution is -2.35. The third-order valence-corrected chi connectivity index (χ3v) is 4.05. The number of benzene rings is 2. The Morgan fingerprint density at radius 2 is 1.50 bits per heavy atom. The number of halogens is 1. The molecule has 18 heavy (non-hydrogen) atoms. The molecule has 1 nitrogen and oxygen atoms in total. The van der Waals surface area contributed by atoms with Gasteiger partial charge in [0.1, 0.15) is 0 Å². The molecule has 0 aliphatic carbocycles. The second kappa shape index (κ2) is 4.91. The van der Waals surface area contributed by atoms with Crippen molar-refractivity contribution in [2.45, 2.75) is 4.95 Å². The van der Waals surface area contributed by atoms with Crippen LogP contribution in [0.2, 0.25) is 0 Å². The number of rotatable bonds is 2. The van der Waals surface area contributed by atoms with Crippen molar-refractivity contribution in [1.29, 1.82) is 0 Å². The molecule has 0 fully saturated rings. The predicted octanol–water partition coefficient (Wildman–Crippen LogP) is 4.07. The van der Waals surface area contributed by atoms with E-state index in [1.54, 1.807) is 0 Å². The highest BCUT2D eigenvalue weighted by Crippen LogP contribution is 2.27. The minimum atomic E-state index is 0.157. The highest BCUT2D eigenvalue weighted by Gasteiger charge is 2.18. The average molecular weight is 299 g/mol. The van der Waals surface area contributed by atoms with E-state index in [9.17, 15) is 0 Å². The number of pyridine rings is 1. The molecule has 0 saturated carbocycles. The molecule has 2 aromatic carbocycles. The molecule has 0 bridgehead atoms. The van der Waals surface area contributed by atoms with Gasteiger partial charge >= 0.3 is 0 Å². The maximum absolute atomic E-state index is 3.78. The molecule has 1 atom stereocenters. The first kappa shape index (κ1) is 11.4. The Morgan fingerprint density at radius 3 is 2.33 bits per heavy atom. The summed E-state index contributed by atoms with van der Waals surface area (Å²) in [6, 6.07) is 21.0. The first-order valence-corrected chi connectivity index (χ1v) is 6.85. The Hall–Kier alpha value is -1.67. The minimum Gasteiger partial charge on any atom is -0.188 e. The van der Waals surface area contributed by atoms with Crippen LogP contribution in [0.15, 0.2) is 73.1 Å². The lowest BCUT2D eigenvalue weighted by molar-refractivity contribution is -0.689. The van der Waals surface area contributed by atoms with E-state index in [1.165, 1.54) is 16.3 Å². The Labute approximate surface area is 115 Å². The molecule has 0 saturated heterocycles. The summed E-state index contributed by atoms with van der Waals surface area (Å²) in [5.74, 6) is 0. The van der Waals surface area contributed by atoms with Gasteiger partial charge in [-0.05, 0) is 26.7 Å². The van der Waals surface area contributed by atoms with E-state index in [0.29, 0.717) is 0 Å². The molecule has 1 aromatic heterocycles. The van der Waals surface area contributed by atoms with Gasteiger partial charge in [0.05, 0.1) is 0 Å². The average Bonchev–Trinajstić information content (AvgIpc) is 2.47. The van der Waals surface area contributed by atoms with Gasteiger partial charge in [-0.1, -0.05) is 48.5 Å². The zero-order chi connectivity index (χ0) is 12.4. The summed E-state index contributed by atoms with van der Waals surface area (Å²) >= 11 is 3.78. The molecule has 2 heteroatoms. The molecule has 88 valence electrons. The van der Waals surface area contributed by atoms with Crippen LogP contribution in [0.1, 0.15) is 10.5 Å². The Bertz CT molecular complexity index is 659. The monoisotopic (exact) mass is 298 g/mol. The highest BCUT2D eigenvalue weighted by atomic mass is 79.9. The van der Waals surface area contributed by atoms with Crippen LogP contribution < -0.4 is 4.57 Å². The van der Waals surface area contributed by atoms with Gasteiger partial charge in [-0.3, -0.25) is 0 Å². The molecule has 3 aromatic rings. The van der Waals surface area contributed by atoms with Crippen molar-refractivity contribution >= 4 is 26.7 Å². The van der Waals surface area contributed by atoms with E-state index in [-0.39, 0.29) is 4.95 Å². The second-order valence-electron chi connectivity index (χ2n) is 4.23. The summed E-state index contributed by atoms with van der Waals surface area (Å²) in [5, 5.41) is 2.56. The van der Waals surface area contributed by atoms with E-state index in [0.717, 1.165) is 0 Å². The minimum absolute atomic E-state index is 0.157. The maximum Gasteiger partial charge on any atom is 0.238 e. The molecule has 0 aliphatic rings. The third kappa shape index (κ3) is 2.04. The number of hydrogen-bond donors (Lipinski definition) is 0. The van der Waals surface area contributed by atoms with E-state index in [4.69, 9.17) is 0 Å². The van der Waals surface area contributed by atoms with Gasteiger partial charge in [-0.15, -0.1) is 0 Å². The van der Waals surface area contributed by atoms with Crippen molar-refractivity contribution in [3.05, 3.63) is 78.6 Å². The van der Waals surface area contributed by atoms with E-state index in [2.05, 4.69) is 75.4 Å². The molecule has 3 rings (SSSR count). The van der Waals surface area contributed by atoms with Crippen LogP contribution in [0.25, 0.3) is 10.8 Å². The second-order valence-corrected chi connectivity index (χ2v) is 5.09. The number of nitrogens with zero attached hydrogens (tertiary/aromatic N) is 1. The molecule has 0 N–H and O–H groups in total. The number of fused-ring (bicyclic) bond motifs is 1. The van der Waals surface area contributed by atoms with Crippen molar-refractivity contribution in [1.82, 2.24) is 0 Å². The number of hydrogen-bond acceptors (Lipinski definition) is 0. The predicted molar refractivity (Wildman–Crippen MR) is 77.7 cm³/mol. The molecule has 0 amide bonds. The van der Waals surface area contributed by atoms with Crippen molar-refractivity contribution < 1.29 is 4.57 Å². The topological polar surface area (TPSA) is 3.88 Å².